The summed E-state index contributed by atoms with van der Waals surface area (Å²) in [6.07, 6.45) is 2.20. The van der Waals surface area contributed by atoms with Gasteiger partial charge in [-0.15, -0.1) is 0 Å². The number of hydrogen-bond donors (Lipinski definition) is 0. The summed E-state index contributed by atoms with van der Waals surface area (Å²) >= 11 is 0. The van der Waals surface area contributed by atoms with E-state index in [0.717, 1.165) is 6.42 Å². The Morgan fingerprint density at radius 1 is 1.17 bits per heavy atom. The molecule has 0 radical (unpaired) electrons. The van der Waals surface area contributed by atoms with E-state index in [-0.39, 0.29) is 48.8 Å². The minimum atomic E-state index is -0.785. The third-order valence-electron chi connectivity index (χ3n) is 4.09. The lowest BCUT2D eigenvalue weighted by atomic mass is 9.93. The highest BCUT2D eigenvalue weighted by Gasteiger charge is 2.32. The van der Waals surface area contributed by atoms with Gasteiger partial charge in [-0.1, -0.05) is 19.1 Å². The zero-order valence-electron chi connectivity index (χ0n) is 16.5. The molecule has 156 valence electrons. The zero-order valence-corrected chi connectivity index (χ0v) is 16.5. The maximum Gasteiger partial charge on any atom is 0.336 e. The van der Waals surface area contributed by atoms with Gasteiger partial charge in [0.05, 0.1) is 40.9 Å². The van der Waals surface area contributed by atoms with Crippen molar-refractivity contribution in [1.82, 2.24) is 0 Å². The van der Waals surface area contributed by atoms with E-state index in [1.165, 1.54) is 24.4 Å². The highest BCUT2D eigenvalue weighted by molar-refractivity contribution is 6.04. The molecule has 2 rings (SSSR count). The number of benzene rings is 1. The van der Waals surface area contributed by atoms with Crippen LogP contribution in [0.3, 0.4) is 0 Å². The van der Waals surface area contributed by atoms with Crippen LogP contribution >= 0.6 is 0 Å². The zero-order chi connectivity index (χ0) is 21.2. The molecule has 0 amide bonds. The van der Waals surface area contributed by atoms with Crippen LogP contribution in [0.5, 0.6) is 0 Å². The first kappa shape index (κ1) is 22.2. The normalized spacial score (nSPS) is 15.9. The van der Waals surface area contributed by atoms with Crippen molar-refractivity contribution in [2.75, 3.05) is 26.4 Å². The van der Waals surface area contributed by atoms with Gasteiger partial charge in [0.25, 0.3) is 5.69 Å². The van der Waals surface area contributed by atoms with Crippen LogP contribution in [-0.2, 0) is 23.8 Å². The van der Waals surface area contributed by atoms with Crippen molar-refractivity contribution in [3.8, 4) is 0 Å². The quantitative estimate of drug-likeness (QED) is 0.255. The predicted molar refractivity (Wildman–Crippen MR) is 105 cm³/mol. The number of esters is 2. The van der Waals surface area contributed by atoms with E-state index in [0.29, 0.717) is 6.61 Å². The number of carbonyl (C=O) groups is 2. The van der Waals surface area contributed by atoms with Gasteiger partial charge in [0, 0.05) is 18.9 Å². The van der Waals surface area contributed by atoms with E-state index in [4.69, 9.17) is 14.2 Å². The number of nitro groups is 1. The second kappa shape index (κ2) is 11.1. The lowest BCUT2D eigenvalue weighted by Gasteiger charge is -2.20. The van der Waals surface area contributed by atoms with Crippen LogP contribution in [-0.4, -0.2) is 49.5 Å². The summed E-state index contributed by atoms with van der Waals surface area (Å²) < 4.78 is 15.5. The monoisotopic (exact) mass is 404 g/mol. The molecule has 29 heavy (non-hydrogen) atoms. The Morgan fingerprint density at radius 2 is 1.93 bits per heavy atom. The van der Waals surface area contributed by atoms with Gasteiger partial charge in [-0.05, 0) is 25.8 Å². The van der Waals surface area contributed by atoms with Crippen molar-refractivity contribution >= 4 is 29.5 Å². The Bertz CT molecular complexity index is 817. The standard InChI is InChI=1S/C20H24N2O7/c1-3-9-27-10-11-29-19(23)14-12-16(20(24)28-4-2)18(21-13-14)15-7-5-6-8-17(15)22(25)26/h5-8,13-14H,3-4,9-12H2,1-2H3. The number of aliphatic imine (C=N–C) groups is 1. The number of para-hydroxylation sites is 1. The highest BCUT2D eigenvalue weighted by Crippen LogP contribution is 2.34. The summed E-state index contributed by atoms with van der Waals surface area (Å²) in [7, 11) is 0. The van der Waals surface area contributed by atoms with E-state index in [1.54, 1.807) is 13.0 Å². The van der Waals surface area contributed by atoms with Crippen LogP contribution in [0.25, 0.3) is 5.70 Å². The summed E-state index contributed by atoms with van der Waals surface area (Å²) in [4.78, 5) is 39.8. The van der Waals surface area contributed by atoms with Crippen LogP contribution in [0.4, 0.5) is 5.69 Å². The fraction of sp³-hybridized carbons (Fsp3) is 0.450. The third kappa shape index (κ3) is 5.95. The topological polar surface area (TPSA) is 117 Å². The van der Waals surface area contributed by atoms with Gasteiger partial charge in [-0.2, -0.15) is 0 Å². The molecule has 1 unspecified atom stereocenters. The number of rotatable bonds is 10. The molecular formula is C20H24N2O7. The Balaban J connectivity index is 2.24. The van der Waals surface area contributed by atoms with Gasteiger partial charge < -0.3 is 14.2 Å². The Labute approximate surface area is 168 Å². The fourth-order valence-corrected chi connectivity index (χ4v) is 2.77. The maximum atomic E-state index is 12.5. The maximum absolute atomic E-state index is 12.5. The molecule has 0 saturated heterocycles. The lowest BCUT2D eigenvalue weighted by Crippen LogP contribution is -2.26. The van der Waals surface area contributed by atoms with Crippen molar-refractivity contribution in [2.24, 2.45) is 10.9 Å². The SMILES string of the molecule is CCCOCCOC(=O)C1C=NC(c2ccccc2[N+](=O)[O-])=C(C(=O)OCC)C1. The number of carbonyl (C=O) groups excluding carboxylic acids is 2. The Kier molecular flexibility index (Phi) is 8.47. The fourth-order valence-electron chi connectivity index (χ4n) is 2.77. The Hall–Kier alpha value is -3.07. The van der Waals surface area contributed by atoms with Gasteiger partial charge in [0.2, 0.25) is 0 Å². The van der Waals surface area contributed by atoms with Crippen LogP contribution in [0.15, 0.2) is 34.8 Å². The molecule has 0 aliphatic carbocycles. The smallest absolute Gasteiger partial charge is 0.336 e. The average Bonchev–Trinajstić information content (AvgIpc) is 2.73. The van der Waals surface area contributed by atoms with Crippen molar-refractivity contribution in [3.63, 3.8) is 0 Å². The second-order valence-electron chi connectivity index (χ2n) is 6.19. The van der Waals surface area contributed by atoms with Crippen LogP contribution in [0, 0.1) is 16.0 Å². The van der Waals surface area contributed by atoms with E-state index in [1.807, 2.05) is 6.92 Å². The molecule has 0 N–H and O–H groups in total. The highest BCUT2D eigenvalue weighted by atomic mass is 16.6. The molecule has 0 fully saturated rings. The summed E-state index contributed by atoms with van der Waals surface area (Å²) in [5.74, 6) is -1.99. The number of nitrogens with zero attached hydrogens (tertiary/aromatic N) is 2. The van der Waals surface area contributed by atoms with E-state index >= 15 is 0 Å². The summed E-state index contributed by atoms with van der Waals surface area (Å²) in [5.41, 5.74) is 0.242. The first-order valence-electron chi connectivity index (χ1n) is 9.42. The van der Waals surface area contributed by atoms with Crippen LogP contribution < -0.4 is 0 Å². The van der Waals surface area contributed by atoms with Crippen molar-refractivity contribution in [1.29, 1.82) is 0 Å². The van der Waals surface area contributed by atoms with Crippen molar-refractivity contribution in [3.05, 3.63) is 45.5 Å². The first-order valence-corrected chi connectivity index (χ1v) is 9.42. The third-order valence-corrected chi connectivity index (χ3v) is 4.09. The minimum Gasteiger partial charge on any atom is -0.463 e. The Morgan fingerprint density at radius 3 is 2.62 bits per heavy atom. The van der Waals surface area contributed by atoms with E-state index < -0.39 is 22.8 Å². The van der Waals surface area contributed by atoms with Gasteiger partial charge in [-0.25, -0.2) is 4.79 Å². The van der Waals surface area contributed by atoms with Crippen LogP contribution in [0.1, 0.15) is 32.3 Å². The summed E-state index contributed by atoms with van der Waals surface area (Å²) in [5, 5.41) is 11.4. The molecule has 0 aromatic heterocycles. The molecule has 0 bridgehead atoms. The molecule has 1 heterocycles. The van der Waals surface area contributed by atoms with Gasteiger partial charge in [-0.3, -0.25) is 19.9 Å². The van der Waals surface area contributed by atoms with E-state index in [9.17, 15) is 19.7 Å². The minimum absolute atomic E-state index is 0.0155. The predicted octanol–water partition coefficient (Wildman–Crippen LogP) is 2.93. The molecule has 0 saturated carbocycles. The molecule has 9 nitrogen and oxygen atoms in total. The largest absolute Gasteiger partial charge is 0.463 e. The van der Waals surface area contributed by atoms with Gasteiger partial charge >= 0.3 is 11.9 Å². The van der Waals surface area contributed by atoms with Crippen molar-refractivity contribution < 1.29 is 28.7 Å². The van der Waals surface area contributed by atoms with Gasteiger partial charge in [0.1, 0.15) is 6.61 Å². The molecule has 1 aromatic carbocycles. The number of ether oxygens (including phenoxy) is 3. The molecule has 0 spiro atoms. The van der Waals surface area contributed by atoms with Crippen LogP contribution in [0.2, 0.25) is 0 Å². The summed E-state index contributed by atoms with van der Waals surface area (Å²) in [6, 6.07) is 5.98. The first-order chi connectivity index (χ1) is 14.0. The molecule has 1 atom stereocenters. The van der Waals surface area contributed by atoms with Gasteiger partial charge in [0.15, 0.2) is 0 Å². The lowest BCUT2D eigenvalue weighted by molar-refractivity contribution is -0.385. The molecular weight excluding hydrogens is 380 g/mol. The molecule has 1 aliphatic heterocycles. The van der Waals surface area contributed by atoms with Crippen molar-refractivity contribution in [2.45, 2.75) is 26.7 Å². The molecule has 1 aromatic rings. The summed E-state index contributed by atoms with van der Waals surface area (Å²) in [6.45, 7) is 4.71. The number of nitro benzene ring substituents is 1. The molecule has 9 heteroatoms. The number of hydrogen-bond acceptors (Lipinski definition) is 8. The second-order valence-corrected chi connectivity index (χ2v) is 6.19. The average molecular weight is 404 g/mol. The molecule has 1 aliphatic rings. The van der Waals surface area contributed by atoms with E-state index in [2.05, 4.69) is 4.99 Å².